The van der Waals surface area contributed by atoms with E-state index in [-0.39, 0.29) is 17.9 Å². The SMILES string of the molecule is COCCCNC(=O)CCn1cnc2ccc(Br)cc2c1=O. The topological polar surface area (TPSA) is 73.2 Å². The van der Waals surface area contributed by atoms with Crippen LogP contribution in [0.1, 0.15) is 12.8 Å². The van der Waals surface area contributed by atoms with E-state index in [9.17, 15) is 9.59 Å². The molecule has 0 atom stereocenters. The van der Waals surface area contributed by atoms with Crippen LogP contribution in [0.15, 0.2) is 33.8 Å². The van der Waals surface area contributed by atoms with Crippen molar-refractivity contribution >= 4 is 32.7 Å². The Balaban J connectivity index is 1.98. The van der Waals surface area contributed by atoms with Crippen molar-refractivity contribution in [3.8, 4) is 0 Å². The summed E-state index contributed by atoms with van der Waals surface area (Å²) in [5.74, 6) is -0.0858. The van der Waals surface area contributed by atoms with Gasteiger partial charge in [0, 0.05) is 37.7 Å². The minimum atomic E-state index is -0.140. The highest BCUT2D eigenvalue weighted by atomic mass is 79.9. The Morgan fingerprint density at radius 2 is 2.27 bits per heavy atom. The van der Waals surface area contributed by atoms with Crippen LogP contribution in [0.2, 0.25) is 0 Å². The fraction of sp³-hybridized carbons (Fsp3) is 0.400. The number of fused-ring (bicyclic) bond motifs is 1. The van der Waals surface area contributed by atoms with Crippen molar-refractivity contribution < 1.29 is 9.53 Å². The minimum absolute atomic E-state index is 0.0858. The maximum Gasteiger partial charge on any atom is 0.261 e. The lowest BCUT2D eigenvalue weighted by atomic mass is 10.2. The number of methoxy groups -OCH3 is 1. The van der Waals surface area contributed by atoms with Crippen molar-refractivity contribution in [2.75, 3.05) is 20.3 Å². The molecule has 2 rings (SSSR count). The van der Waals surface area contributed by atoms with Gasteiger partial charge in [-0.05, 0) is 24.6 Å². The number of rotatable bonds is 7. The summed E-state index contributed by atoms with van der Waals surface area (Å²) in [5.41, 5.74) is 0.506. The standard InChI is InChI=1S/C15H18BrN3O3/c1-22-8-2-6-17-14(20)5-7-19-10-18-13-4-3-11(16)9-12(13)15(19)21/h3-4,9-10H,2,5-8H2,1H3,(H,17,20). The molecule has 0 spiro atoms. The maximum absolute atomic E-state index is 12.3. The van der Waals surface area contributed by atoms with Crippen LogP contribution >= 0.6 is 15.9 Å². The zero-order valence-corrected chi connectivity index (χ0v) is 13.9. The number of carbonyl (C=O) groups is 1. The number of nitrogens with zero attached hydrogens (tertiary/aromatic N) is 2. The van der Waals surface area contributed by atoms with Crippen LogP contribution in [-0.4, -0.2) is 35.7 Å². The molecule has 1 amide bonds. The third-order valence-corrected chi connectivity index (χ3v) is 3.71. The van der Waals surface area contributed by atoms with Crippen molar-refractivity contribution in [3.05, 3.63) is 39.4 Å². The molecular weight excluding hydrogens is 350 g/mol. The van der Waals surface area contributed by atoms with Crippen LogP contribution in [0.3, 0.4) is 0 Å². The zero-order chi connectivity index (χ0) is 15.9. The summed E-state index contributed by atoms with van der Waals surface area (Å²) in [5, 5.41) is 3.33. The molecule has 0 aliphatic rings. The minimum Gasteiger partial charge on any atom is -0.385 e. The van der Waals surface area contributed by atoms with Gasteiger partial charge in [0.15, 0.2) is 0 Å². The van der Waals surface area contributed by atoms with Gasteiger partial charge in [-0.3, -0.25) is 14.2 Å². The van der Waals surface area contributed by atoms with Crippen LogP contribution in [-0.2, 0) is 16.1 Å². The third-order valence-electron chi connectivity index (χ3n) is 3.21. The average Bonchev–Trinajstić information content (AvgIpc) is 2.51. The first-order chi connectivity index (χ1) is 10.6. The number of ether oxygens (including phenoxy) is 1. The molecule has 2 aromatic rings. The summed E-state index contributed by atoms with van der Waals surface area (Å²) in [6.07, 6.45) is 2.50. The molecule has 0 aliphatic heterocycles. The van der Waals surface area contributed by atoms with Crippen molar-refractivity contribution in [2.24, 2.45) is 0 Å². The van der Waals surface area contributed by atoms with E-state index in [4.69, 9.17) is 4.74 Å². The monoisotopic (exact) mass is 367 g/mol. The van der Waals surface area contributed by atoms with Gasteiger partial charge in [0.05, 0.1) is 17.2 Å². The van der Waals surface area contributed by atoms with Gasteiger partial charge in [-0.25, -0.2) is 4.98 Å². The Kier molecular flexibility index (Phi) is 6.09. The molecule has 0 aliphatic carbocycles. The maximum atomic E-state index is 12.3. The van der Waals surface area contributed by atoms with Gasteiger partial charge in [-0.15, -0.1) is 0 Å². The summed E-state index contributed by atoms with van der Waals surface area (Å²) in [7, 11) is 1.62. The molecule has 0 fully saturated rings. The number of halogens is 1. The summed E-state index contributed by atoms with van der Waals surface area (Å²) < 4.78 is 7.20. The second-order valence-electron chi connectivity index (χ2n) is 4.85. The molecule has 1 aromatic carbocycles. The van der Waals surface area contributed by atoms with Crippen LogP contribution in [0.25, 0.3) is 10.9 Å². The molecule has 7 heteroatoms. The molecule has 22 heavy (non-hydrogen) atoms. The van der Waals surface area contributed by atoms with E-state index in [1.807, 2.05) is 6.07 Å². The lowest BCUT2D eigenvalue weighted by Crippen LogP contribution is -2.28. The molecule has 6 nitrogen and oxygen atoms in total. The van der Waals surface area contributed by atoms with Gasteiger partial charge >= 0.3 is 0 Å². The summed E-state index contributed by atoms with van der Waals surface area (Å²) >= 11 is 3.34. The van der Waals surface area contributed by atoms with Gasteiger partial charge in [0.1, 0.15) is 0 Å². The van der Waals surface area contributed by atoms with Gasteiger partial charge in [0.2, 0.25) is 5.91 Å². The number of carbonyl (C=O) groups excluding carboxylic acids is 1. The molecular formula is C15H18BrN3O3. The molecule has 0 radical (unpaired) electrons. The normalized spacial score (nSPS) is 10.8. The number of nitrogens with one attached hydrogen (secondary N) is 1. The first-order valence-electron chi connectivity index (χ1n) is 7.02. The molecule has 0 saturated carbocycles. The van der Waals surface area contributed by atoms with Gasteiger partial charge in [-0.2, -0.15) is 0 Å². The summed E-state index contributed by atoms with van der Waals surface area (Å²) in [4.78, 5) is 28.3. The highest BCUT2D eigenvalue weighted by Crippen LogP contribution is 2.14. The molecule has 1 aromatic heterocycles. The second kappa shape index (κ2) is 8.05. The fourth-order valence-electron chi connectivity index (χ4n) is 2.05. The molecule has 118 valence electrons. The Bertz CT molecular complexity index is 715. The number of amides is 1. The molecule has 1 N–H and O–H groups in total. The first-order valence-corrected chi connectivity index (χ1v) is 7.81. The zero-order valence-electron chi connectivity index (χ0n) is 12.3. The highest BCUT2D eigenvalue weighted by molar-refractivity contribution is 9.10. The van der Waals surface area contributed by atoms with Crippen LogP contribution in [0.4, 0.5) is 0 Å². The predicted octanol–water partition coefficient (Wildman–Crippen LogP) is 1.70. The van der Waals surface area contributed by atoms with E-state index in [2.05, 4.69) is 26.2 Å². The lowest BCUT2D eigenvalue weighted by Gasteiger charge is -2.08. The lowest BCUT2D eigenvalue weighted by molar-refractivity contribution is -0.121. The Morgan fingerprint density at radius 1 is 1.45 bits per heavy atom. The van der Waals surface area contributed by atoms with Crippen molar-refractivity contribution in [1.82, 2.24) is 14.9 Å². The van der Waals surface area contributed by atoms with E-state index in [1.54, 1.807) is 19.2 Å². The number of hydrogen-bond acceptors (Lipinski definition) is 4. The molecule has 0 saturated heterocycles. The van der Waals surface area contributed by atoms with E-state index in [1.165, 1.54) is 10.9 Å². The highest BCUT2D eigenvalue weighted by Gasteiger charge is 2.07. The van der Waals surface area contributed by atoms with E-state index < -0.39 is 0 Å². The van der Waals surface area contributed by atoms with Crippen LogP contribution in [0.5, 0.6) is 0 Å². The molecule has 0 bridgehead atoms. The predicted molar refractivity (Wildman–Crippen MR) is 87.8 cm³/mol. The van der Waals surface area contributed by atoms with Crippen molar-refractivity contribution in [3.63, 3.8) is 0 Å². The van der Waals surface area contributed by atoms with E-state index in [0.717, 1.165) is 10.9 Å². The molecule has 0 unspecified atom stereocenters. The Labute approximate surface area is 136 Å². The number of benzene rings is 1. The Morgan fingerprint density at radius 3 is 3.05 bits per heavy atom. The second-order valence-corrected chi connectivity index (χ2v) is 5.77. The number of aromatic nitrogens is 2. The number of aryl methyl sites for hydroxylation is 1. The van der Waals surface area contributed by atoms with Crippen LogP contribution in [0, 0.1) is 0 Å². The summed E-state index contributed by atoms with van der Waals surface area (Å²) in [6, 6.07) is 5.37. The van der Waals surface area contributed by atoms with Gasteiger partial charge in [-0.1, -0.05) is 15.9 Å². The average molecular weight is 368 g/mol. The van der Waals surface area contributed by atoms with E-state index >= 15 is 0 Å². The van der Waals surface area contributed by atoms with Gasteiger partial charge in [0.25, 0.3) is 5.56 Å². The van der Waals surface area contributed by atoms with Crippen molar-refractivity contribution in [2.45, 2.75) is 19.4 Å². The van der Waals surface area contributed by atoms with Crippen LogP contribution < -0.4 is 10.9 Å². The number of hydrogen-bond donors (Lipinski definition) is 1. The quantitative estimate of drug-likeness (QED) is 0.755. The first kappa shape index (κ1) is 16.6. The fourth-order valence-corrected chi connectivity index (χ4v) is 2.41. The molecule has 1 heterocycles. The van der Waals surface area contributed by atoms with E-state index in [0.29, 0.717) is 30.6 Å². The smallest absolute Gasteiger partial charge is 0.261 e. The Hall–Kier alpha value is -1.73. The van der Waals surface area contributed by atoms with Crippen molar-refractivity contribution in [1.29, 1.82) is 0 Å². The van der Waals surface area contributed by atoms with Gasteiger partial charge < -0.3 is 10.1 Å². The third kappa shape index (κ3) is 4.38. The largest absolute Gasteiger partial charge is 0.385 e. The summed E-state index contributed by atoms with van der Waals surface area (Å²) in [6.45, 7) is 1.50.